The normalized spacial score (nSPS) is 17.7. The zero-order valence-corrected chi connectivity index (χ0v) is 14.1. The molecule has 1 amide bonds. The Balaban J connectivity index is 1.90. The summed E-state index contributed by atoms with van der Waals surface area (Å²) in [6, 6.07) is 5.78. The van der Waals surface area contributed by atoms with Crippen LogP contribution >= 0.6 is 11.6 Å². The lowest BCUT2D eigenvalue weighted by Gasteiger charge is -2.31. The highest BCUT2D eigenvalue weighted by Gasteiger charge is 2.39. The van der Waals surface area contributed by atoms with E-state index in [1.54, 1.807) is 0 Å². The maximum Gasteiger partial charge on any atom is 0.471 e. The van der Waals surface area contributed by atoms with Crippen molar-refractivity contribution in [3.63, 3.8) is 0 Å². The van der Waals surface area contributed by atoms with E-state index in [0.717, 1.165) is 0 Å². The molecule has 1 aromatic carbocycles. The summed E-state index contributed by atoms with van der Waals surface area (Å²) in [5.41, 5.74) is 0. The van der Waals surface area contributed by atoms with Gasteiger partial charge in [-0.1, -0.05) is 11.6 Å². The van der Waals surface area contributed by atoms with Crippen molar-refractivity contribution < 1.29 is 26.4 Å². The molecule has 0 bridgehead atoms. The summed E-state index contributed by atoms with van der Waals surface area (Å²) in [6.45, 7) is 0.266. The third-order valence-electron chi connectivity index (χ3n) is 3.83. The number of hydrogen-bond acceptors (Lipinski definition) is 3. The van der Waals surface area contributed by atoms with Crippen LogP contribution in [-0.4, -0.2) is 44.4 Å². The molecule has 10 heteroatoms. The van der Waals surface area contributed by atoms with Gasteiger partial charge in [-0.05, 0) is 43.0 Å². The number of rotatable bonds is 4. The van der Waals surface area contributed by atoms with Gasteiger partial charge in [0, 0.05) is 24.7 Å². The molecular formula is C14H16ClF3N2O3S. The van der Waals surface area contributed by atoms with E-state index in [1.807, 2.05) is 5.32 Å². The van der Waals surface area contributed by atoms with Gasteiger partial charge in [0.25, 0.3) is 0 Å². The van der Waals surface area contributed by atoms with Gasteiger partial charge in [0.2, 0.25) is 10.0 Å². The fourth-order valence-electron chi connectivity index (χ4n) is 2.45. The van der Waals surface area contributed by atoms with Gasteiger partial charge >= 0.3 is 12.1 Å². The Hall–Kier alpha value is -1.32. The van der Waals surface area contributed by atoms with Crippen molar-refractivity contribution in [3.8, 4) is 0 Å². The van der Waals surface area contributed by atoms with Crippen molar-refractivity contribution in [3.05, 3.63) is 29.3 Å². The molecule has 0 atom stereocenters. The highest BCUT2D eigenvalue weighted by molar-refractivity contribution is 7.89. The first-order chi connectivity index (χ1) is 11.1. The minimum Gasteiger partial charge on any atom is -0.348 e. The third kappa shape index (κ3) is 4.61. The largest absolute Gasteiger partial charge is 0.471 e. The first kappa shape index (κ1) is 19.0. The van der Waals surface area contributed by atoms with E-state index in [4.69, 9.17) is 11.6 Å². The average molecular weight is 385 g/mol. The van der Waals surface area contributed by atoms with Gasteiger partial charge in [-0.3, -0.25) is 4.79 Å². The Morgan fingerprint density at radius 1 is 1.21 bits per heavy atom. The average Bonchev–Trinajstić information content (AvgIpc) is 2.52. The number of carbonyl (C=O) groups excluding carboxylic acids is 1. The lowest BCUT2D eigenvalue weighted by Crippen LogP contribution is -2.44. The number of hydrogen-bond donors (Lipinski definition) is 1. The van der Waals surface area contributed by atoms with Crippen LogP contribution in [0.1, 0.15) is 12.8 Å². The molecule has 5 nitrogen and oxygen atoms in total. The van der Waals surface area contributed by atoms with E-state index in [-0.39, 0.29) is 30.4 Å². The van der Waals surface area contributed by atoms with E-state index < -0.39 is 22.1 Å². The maximum absolute atomic E-state index is 12.5. The molecule has 0 spiro atoms. The molecule has 0 aromatic heterocycles. The molecule has 0 aliphatic carbocycles. The Bertz CT molecular complexity index is 684. The van der Waals surface area contributed by atoms with Gasteiger partial charge in [-0.2, -0.15) is 17.5 Å². The number of piperidine rings is 1. The molecular weight excluding hydrogens is 369 g/mol. The van der Waals surface area contributed by atoms with Crippen LogP contribution in [0.3, 0.4) is 0 Å². The van der Waals surface area contributed by atoms with Gasteiger partial charge in [0.15, 0.2) is 0 Å². The number of benzene rings is 1. The van der Waals surface area contributed by atoms with Crippen LogP contribution in [0, 0.1) is 5.92 Å². The highest BCUT2D eigenvalue weighted by atomic mass is 35.5. The number of halogens is 4. The Morgan fingerprint density at radius 3 is 2.25 bits per heavy atom. The van der Waals surface area contributed by atoms with Crippen LogP contribution in [0.2, 0.25) is 5.02 Å². The molecule has 134 valence electrons. The number of alkyl halides is 3. The SMILES string of the molecule is O=C(NCC1CCN(S(=O)(=O)c2ccc(Cl)cc2)CC1)C(F)(F)F. The quantitative estimate of drug-likeness (QED) is 0.867. The molecule has 2 rings (SSSR count). The zero-order valence-electron chi connectivity index (χ0n) is 12.5. The molecule has 1 heterocycles. The second kappa shape index (κ2) is 7.28. The van der Waals surface area contributed by atoms with E-state index in [9.17, 15) is 26.4 Å². The summed E-state index contributed by atoms with van der Waals surface area (Å²) in [5, 5.41) is 2.26. The van der Waals surface area contributed by atoms with Crippen LogP contribution in [0.4, 0.5) is 13.2 Å². The Labute approximate surface area is 142 Å². The molecule has 1 saturated heterocycles. The fourth-order valence-corrected chi connectivity index (χ4v) is 4.04. The topological polar surface area (TPSA) is 66.5 Å². The Kier molecular flexibility index (Phi) is 5.77. The van der Waals surface area contributed by atoms with E-state index in [1.165, 1.54) is 28.6 Å². The molecule has 1 fully saturated rings. The van der Waals surface area contributed by atoms with Crippen LogP contribution in [0.15, 0.2) is 29.2 Å². The molecule has 0 radical (unpaired) electrons. The van der Waals surface area contributed by atoms with E-state index >= 15 is 0 Å². The third-order valence-corrected chi connectivity index (χ3v) is 6.00. The molecule has 0 unspecified atom stereocenters. The second-order valence-electron chi connectivity index (χ2n) is 5.51. The Morgan fingerprint density at radius 2 is 1.75 bits per heavy atom. The first-order valence-corrected chi connectivity index (χ1v) is 9.03. The van der Waals surface area contributed by atoms with Crippen molar-refractivity contribution in [1.29, 1.82) is 0 Å². The number of nitrogens with zero attached hydrogens (tertiary/aromatic N) is 1. The molecule has 1 N–H and O–H groups in total. The summed E-state index contributed by atoms with van der Waals surface area (Å²) in [6.07, 6.45) is -4.14. The van der Waals surface area contributed by atoms with Gasteiger partial charge in [-0.25, -0.2) is 8.42 Å². The summed E-state index contributed by atoms with van der Waals surface area (Å²) < 4.78 is 62.6. The highest BCUT2D eigenvalue weighted by Crippen LogP contribution is 2.24. The van der Waals surface area contributed by atoms with Gasteiger partial charge in [0.1, 0.15) is 0 Å². The molecule has 1 aliphatic heterocycles. The second-order valence-corrected chi connectivity index (χ2v) is 7.88. The molecule has 0 saturated carbocycles. The predicted octanol–water partition coefficient (Wildman–Crippen LogP) is 2.42. The van der Waals surface area contributed by atoms with Crippen LogP contribution in [0.5, 0.6) is 0 Å². The number of carbonyl (C=O) groups is 1. The fraction of sp³-hybridized carbons (Fsp3) is 0.500. The van der Waals surface area contributed by atoms with E-state index in [0.29, 0.717) is 17.9 Å². The predicted molar refractivity (Wildman–Crippen MR) is 82.0 cm³/mol. The van der Waals surface area contributed by atoms with Crippen molar-refractivity contribution in [2.75, 3.05) is 19.6 Å². The van der Waals surface area contributed by atoms with Crippen LogP contribution in [-0.2, 0) is 14.8 Å². The number of amides is 1. The number of nitrogens with one attached hydrogen (secondary N) is 1. The monoisotopic (exact) mass is 384 g/mol. The standard InChI is InChI=1S/C14H16ClF3N2O3S/c15-11-1-3-12(4-2-11)24(22,23)20-7-5-10(6-8-20)9-19-13(21)14(16,17)18/h1-4,10H,5-9H2,(H,19,21). The summed E-state index contributed by atoms with van der Waals surface area (Å²) in [7, 11) is -3.65. The summed E-state index contributed by atoms with van der Waals surface area (Å²) >= 11 is 5.74. The molecule has 24 heavy (non-hydrogen) atoms. The maximum atomic E-state index is 12.5. The smallest absolute Gasteiger partial charge is 0.348 e. The van der Waals surface area contributed by atoms with Crippen molar-refractivity contribution >= 4 is 27.5 Å². The van der Waals surface area contributed by atoms with Crippen molar-refractivity contribution in [2.24, 2.45) is 5.92 Å². The summed E-state index contributed by atoms with van der Waals surface area (Å²) in [5.74, 6) is -2.16. The van der Waals surface area contributed by atoms with Crippen LogP contribution in [0.25, 0.3) is 0 Å². The molecule has 1 aromatic rings. The lowest BCUT2D eigenvalue weighted by molar-refractivity contribution is -0.173. The first-order valence-electron chi connectivity index (χ1n) is 7.21. The molecule has 1 aliphatic rings. The van der Waals surface area contributed by atoms with Gasteiger partial charge in [-0.15, -0.1) is 0 Å². The minimum absolute atomic E-state index is 0.118. The van der Waals surface area contributed by atoms with E-state index in [2.05, 4.69) is 0 Å². The number of sulfonamides is 1. The van der Waals surface area contributed by atoms with Gasteiger partial charge in [0.05, 0.1) is 4.90 Å². The van der Waals surface area contributed by atoms with Gasteiger partial charge < -0.3 is 5.32 Å². The minimum atomic E-state index is -4.90. The lowest BCUT2D eigenvalue weighted by atomic mass is 9.98. The summed E-state index contributed by atoms with van der Waals surface area (Å²) in [4.78, 5) is 10.9. The van der Waals surface area contributed by atoms with Crippen LogP contribution < -0.4 is 5.32 Å². The van der Waals surface area contributed by atoms with Crippen molar-refractivity contribution in [1.82, 2.24) is 9.62 Å². The van der Waals surface area contributed by atoms with Crippen molar-refractivity contribution in [2.45, 2.75) is 23.9 Å². The zero-order chi connectivity index (χ0) is 18.0.